The average Bonchev–Trinajstić information content (AvgIpc) is 2.98. The van der Waals surface area contributed by atoms with Gasteiger partial charge in [0.1, 0.15) is 12.3 Å². The molecule has 3 aromatic carbocycles. The van der Waals surface area contributed by atoms with Crippen molar-refractivity contribution in [3.8, 4) is 11.1 Å². The zero-order valence-corrected chi connectivity index (χ0v) is 23.0. The Morgan fingerprint density at radius 2 is 1.35 bits per heavy atom. The second kappa shape index (κ2) is 21.0. The molecule has 8 N–H and O–H groups in total. The van der Waals surface area contributed by atoms with Crippen LogP contribution < -0.4 is 17.2 Å². The van der Waals surface area contributed by atoms with Crippen LogP contribution in [0, 0.1) is 0 Å². The third-order valence-electron chi connectivity index (χ3n) is 6.04. The van der Waals surface area contributed by atoms with Crippen molar-refractivity contribution in [3.05, 3.63) is 96.1 Å². The molecule has 40 heavy (non-hydrogen) atoms. The molecule has 1 aliphatic carbocycles. The molecule has 1 aliphatic rings. The van der Waals surface area contributed by atoms with E-state index < -0.39 is 18.0 Å². The van der Waals surface area contributed by atoms with E-state index in [4.69, 9.17) is 27.4 Å². The number of carboxylic acid groups (broad SMARTS) is 2. The van der Waals surface area contributed by atoms with Gasteiger partial charge >= 0.3 is 11.9 Å². The number of rotatable bonds is 8. The topological polar surface area (TPSA) is 170 Å². The van der Waals surface area contributed by atoms with E-state index >= 15 is 0 Å². The Morgan fingerprint density at radius 1 is 0.825 bits per heavy atom. The van der Waals surface area contributed by atoms with Crippen LogP contribution in [-0.4, -0.2) is 47.1 Å². The first-order valence-corrected chi connectivity index (χ1v) is 13.6. The molecule has 0 unspecified atom stereocenters. The highest BCUT2D eigenvalue weighted by molar-refractivity contribution is 5.77. The van der Waals surface area contributed by atoms with Gasteiger partial charge in [-0.25, -0.2) is 0 Å². The van der Waals surface area contributed by atoms with Crippen LogP contribution in [0.4, 0.5) is 0 Å². The zero-order valence-electron chi connectivity index (χ0n) is 23.0. The summed E-state index contributed by atoms with van der Waals surface area (Å²) in [5.74, 6) is -1.74. The van der Waals surface area contributed by atoms with Crippen molar-refractivity contribution in [1.29, 1.82) is 0 Å². The van der Waals surface area contributed by atoms with E-state index in [1.54, 1.807) is 12.1 Å². The monoisotopic (exact) mass is 549 g/mol. The van der Waals surface area contributed by atoms with Crippen LogP contribution in [0.3, 0.4) is 0 Å². The Morgan fingerprint density at radius 3 is 1.77 bits per heavy atom. The maximum Gasteiger partial charge on any atom is 0.320 e. The van der Waals surface area contributed by atoms with Crippen LogP contribution in [0.25, 0.3) is 11.1 Å². The number of hydrogen-bond acceptors (Lipinski definition) is 6. The molecule has 216 valence electrons. The maximum atomic E-state index is 10.5. The number of benzene rings is 3. The van der Waals surface area contributed by atoms with Gasteiger partial charge < -0.3 is 27.4 Å². The molecule has 0 spiro atoms. The van der Waals surface area contributed by atoms with Gasteiger partial charge in [-0.1, -0.05) is 104 Å². The summed E-state index contributed by atoms with van der Waals surface area (Å²) >= 11 is 0. The minimum absolute atomic E-state index is 0.112. The lowest BCUT2D eigenvalue weighted by Gasteiger charge is -2.15. The first-order valence-electron chi connectivity index (χ1n) is 13.6. The lowest BCUT2D eigenvalue weighted by atomic mass is 9.97. The lowest BCUT2D eigenvalue weighted by Crippen LogP contribution is -2.30. The SMILES string of the molecule is NC1CCCCC1.NCCC[C@H](N)C(=O)O.O=C(O)Cc1ccccc1.O=Cc1ccc(-c2ccccc2)cc1. The molecule has 3 aromatic rings. The summed E-state index contributed by atoms with van der Waals surface area (Å²) in [5.41, 5.74) is 19.8. The molecule has 8 nitrogen and oxygen atoms in total. The van der Waals surface area contributed by atoms with Crippen LogP contribution in [0.15, 0.2) is 84.9 Å². The van der Waals surface area contributed by atoms with Gasteiger partial charge in [-0.2, -0.15) is 0 Å². The molecule has 1 atom stereocenters. The van der Waals surface area contributed by atoms with Gasteiger partial charge in [-0.15, -0.1) is 0 Å². The van der Waals surface area contributed by atoms with E-state index in [0.717, 1.165) is 17.4 Å². The van der Waals surface area contributed by atoms with Crippen molar-refractivity contribution >= 4 is 18.2 Å². The molecule has 0 saturated heterocycles. The summed E-state index contributed by atoms with van der Waals surface area (Å²) in [4.78, 5) is 30.7. The number of aldehydes is 1. The van der Waals surface area contributed by atoms with Crippen LogP contribution in [0.1, 0.15) is 60.9 Å². The molecule has 4 rings (SSSR count). The number of aliphatic carboxylic acids is 2. The molecular weight excluding hydrogens is 506 g/mol. The van der Waals surface area contributed by atoms with Gasteiger partial charge in [0.25, 0.3) is 0 Å². The Labute approximate surface area is 237 Å². The zero-order chi connectivity index (χ0) is 29.6. The van der Waals surface area contributed by atoms with E-state index in [2.05, 4.69) is 12.1 Å². The average molecular weight is 550 g/mol. The Kier molecular flexibility index (Phi) is 18.0. The molecule has 0 aliphatic heterocycles. The first-order chi connectivity index (χ1) is 19.3. The van der Waals surface area contributed by atoms with E-state index in [1.807, 2.05) is 60.7 Å². The minimum Gasteiger partial charge on any atom is -0.481 e. The van der Waals surface area contributed by atoms with Gasteiger partial charge in [-0.05, 0) is 48.9 Å². The predicted octanol–water partition coefficient (Wildman–Crippen LogP) is 4.89. The fourth-order valence-corrected chi connectivity index (χ4v) is 3.75. The number of nitrogens with two attached hydrogens (primary N) is 3. The summed E-state index contributed by atoms with van der Waals surface area (Å²) in [5, 5.41) is 16.6. The smallest absolute Gasteiger partial charge is 0.320 e. The first kappa shape index (κ1) is 34.2. The van der Waals surface area contributed by atoms with Gasteiger partial charge in [0.15, 0.2) is 0 Å². The van der Waals surface area contributed by atoms with Gasteiger partial charge in [0, 0.05) is 11.6 Å². The lowest BCUT2D eigenvalue weighted by molar-refractivity contribution is -0.139. The summed E-state index contributed by atoms with van der Waals surface area (Å²) in [6, 6.07) is 26.6. The molecule has 0 bridgehead atoms. The van der Waals surface area contributed by atoms with Crippen molar-refractivity contribution in [3.63, 3.8) is 0 Å². The Hall–Kier alpha value is -3.85. The molecule has 1 fully saturated rings. The predicted molar refractivity (Wildman–Crippen MR) is 160 cm³/mol. The van der Waals surface area contributed by atoms with Crippen molar-refractivity contribution < 1.29 is 24.6 Å². The third kappa shape index (κ3) is 16.2. The summed E-state index contributed by atoms with van der Waals surface area (Å²) in [6.07, 6.45) is 8.77. The number of carbonyl (C=O) groups excluding carboxylic acids is 1. The summed E-state index contributed by atoms with van der Waals surface area (Å²) in [7, 11) is 0. The number of hydrogen-bond donors (Lipinski definition) is 5. The van der Waals surface area contributed by atoms with E-state index in [0.29, 0.717) is 31.0 Å². The largest absolute Gasteiger partial charge is 0.481 e. The highest BCUT2D eigenvalue weighted by atomic mass is 16.4. The van der Waals surface area contributed by atoms with Gasteiger partial charge in [0.05, 0.1) is 6.42 Å². The fourth-order valence-electron chi connectivity index (χ4n) is 3.75. The van der Waals surface area contributed by atoms with Gasteiger partial charge in [-0.3, -0.25) is 14.4 Å². The second-order valence-electron chi connectivity index (χ2n) is 9.44. The Bertz CT molecular complexity index is 1090. The summed E-state index contributed by atoms with van der Waals surface area (Å²) < 4.78 is 0. The molecular formula is C32H43N3O5. The van der Waals surface area contributed by atoms with Crippen LogP contribution in [-0.2, 0) is 16.0 Å². The molecule has 8 heteroatoms. The second-order valence-corrected chi connectivity index (χ2v) is 9.44. The molecule has 0 radical (unpaired) electrons. The molecule has 0 heterocycles. The molecule has 1 saturated carbocycles. The molecule has 0 aromatic heterocycles. The standard InChI is InChI=1S/C13H10O.C8H8O2.C6H13N.C5H12N2O2/c14-10-11-6-8-13(9-7-11)12-4-2-1-3-5-12;9-8(10)6-7-4-2-1-3-5-7;7-6-4-2-1-3-5-6;6-3-1-2-4(7)5(8)9/h1-10H;1-5H,6H2,(H,9,10);6H,1-5,7H2;4H,1-3,6-7H2,(H,8,9)/t;;;4-/m...0/s1. The fraction of sp³-hybridized carbons (Fsp3) is 0.344. The maximum absolute atomic E-state index is 10.5. The van der Waals surface area contributed by atoms with Gasteiger partial charge in [0.2, 0.25) is 0 Å². The number of carbonyl (C=O) groups is 3. The van der Waals surface area contributed by atoms with Crippen LogP contribution >= 0.6 is 0 Å². The van der Waals surface area contributed by atoms with Crippen molar-refractivity contribution in [2.45, 2.75) is 63.5 Å². The Balaban J connectivity index is 0.000000276. The minimum atomic E-state index is -0.955. The quantitative estimate of drug-likeness (QED) is 0.247. The number of carboxylic acids is 2. The van der Waals surface area contributed by atoms with E-state index in [-0.39, 0.29) is 6.42 Å². The summed E-state index contributed by atoms with van der Waals surface area (Å²) in [6.45, 7) is 0.501. The van der Waals surface area contributed by atoms with E-state index in [9.17, 15) is 14.4 Å². The molecule has 0 amide bonds. The van der Waals surface area contributed by atoms with E-state index in [1.165, 1.54) is 37.7 Å². The highest BCUT2D eigenvalue weighted by Crippen LogP contribution is 2.18. The van der Waals surface area contributed by atoms with Crippen molar-refractivity contribution in [1.82, 2.24) is 0 Å². The van der Waals surface area contributed by atoms with Crippen molar-refractivity contribution in [2.75, 3.05) is 6.54 Å². The highest BCUT2D eigenvalue weighted by Gasteiger charge is 2.09. The van der Waals surface area contributed by atoms with Crippen LogP contribution in [0.2, 0.25) is 0 Å². The van der Waals surface area contributed by atoms with Crippen molar-refractivity contribution in [2.24, 2.45) is 17.2 Å². The van der Waals surface area contributed by atoms with Crippen LogP contribution in [0.5, 0.6) is 0 Å². The normalized spacial score (nSPS) is 13.1. The third-order valence-corrected chi connectivity index (χ3v) is 6.04.